The second kappa shape index (κ2) is 6.26. The topological polar surface area (TPSA) is 46.9 Å². The van der Waals surface area contributed by atoms with Crippen LogP contribution in [0.4, 0.5) is 5.69 Å². The van der Waals surface area contributed by atoms with Gasteiger partial charge in [0.05, 0.1) is 12.1 Å². The largest absolute Gasteiger partial charge is 0.337 e. The van der Waals surface area contributed by atoms with Crippen LogP contribution >= 0.6 is 11.8 Å². The van der Waals surface area contributed by atoms with E-state index in [2.05, 4.69) is 10.3 Å². The number of benzene rings is 1. The number of hydrogen-bond acceptors (Lipinski definition) is 3. The second-order valence-corrected chi connectivity index (χ2v) is 4.89. The van der Waals surface area contributed by atoms with Crippen molar-refractivity contribution >= 4 is 23.4 Å². The van der Waals surface area contributed by atoms with Gasteiger partial charge in [0, 0.05) is 30.4 Å². The van der Waals surface area contributed by atoms with Gasteiger partial charge in [-0.25, -0.2) is 4.98 Å². The zero-order chi connectivity index (χ0) is 12.8. The Bertz CT molecular complexity index is 510. The minimum atomic E-state index is 0.0216. The molecule has 1 aromatic carbocycles. The van der Waals surface area contributed by atoms with Gasteiger partial charge in [0.1, 0.15) is 0 Å². The van der Waals surface area contributed by atoms with Gasteiger partial charge in [-0.2, -0.15) is 0 Å². The van der Waals surface area contributed by atoms with Crippen molar-refractivity contribution in [1.29, 1.82) is 0 Å². The Labute approximate surface area is 110 Å². The summed E-state index contributed by atoms with van der Waals surface area (Å²) in [6, 6.07) is 9.48. The summed E-state index contributed by atoms with van der Waals surface area (Å²) >= 11 is 1.58. The Morgan fingerprint density at radius 3 is 2.83 bits per heavy atom. The lowest BCUT2D eigenvalue weighted by molar-refractivity contribution is -0.113. The molecule has 0 aliphatic carbocycles. The molecule has 2 aromatic rings. The Hall–Kier alpha value is -1.75. The molecule has 1 aromatic heterocycles. The van der Waals surface area contributed by atoms with Crippen molar-refractivity contribution in [2.75, 3.05) is 11.1 Å². The number of para-hydroxylation sites is 1. The summed E-state index contributed by atoms with van der Waals surface area (Å²) < 4.78 is 1.96. The van der Waals surface area contributed by atoms with Crippen molar-refractivity contribution in [2.45, 2.75) is 5.75 Å². The maximum atomic E-state index is 11.7. The maximum absolute atomic E-state index is 11.7. The first-order valence-electron chi connectivity index (χ1n) is 5.63. The first-order chi connectivity index (χ1) is 8.75. The number of imidazole rings is 1. The third-order valence-corrected chi connectivity index (χ3v) is 3.42. The Balaban J connectivity index is 1.74. The molecule has 0 bridgehead atoms. The molecule has 1 N–H and O–H groups in total. The summed E-state index contributed by atoms with van der Waals surface area (Å²) in [5, 5.41) is 2.85. The second-order valence-electron chi connectivity index (χ2n) is 3.90. The minimum Gasteiger partial charge on any atom is -0.337 e. The normalized spacial score (nSPS) is 10.3. The quantitative estimate of drug-likeness (QED) is 0.898. The molecule has 0 aliphatic rings. The van der Waals surface area contributed by atoms with Crippen LogP contribution in [0, 0.1) is 0 Å². The van der Waals surface area contributed by atoms with Gasteiger partial charge < -0.3 is 9.88 Å². The lowest BCUT2D eigenvalue weighted by Gasteiger charge is -2.05. The molecule has 1 heterocycles. The van der Waals surface area contributed by atoms with E-state index in [0.29, 0.717) is 5.75 Å². The van der Waals surface area contributed by atoms with Crippen molar-refractivity contribution in [2.24, 2.45) is 7.05 Å². The lowest BCUT2D eigenvalue weighted by atomic mass is 10.3. The van der Waals surface area contributed by atoms with E-state index in [9.17, 15) is 4.79 Å². The van der Waals surface area contributed by atoms with Gasteiger partial charge in [-0.1, -0.05) is 18.2 Å². The number of nitrogens with zero attached hydrogens (tertiary/aromatic N) is 2. The van der Waals surface area contributed by atoms with Crippen LogP contribution in [0.5, 0.6) is 0 Å². The predicted octanol–water partition coefficient (Wildman–Crippen LogP) is 2.29. The number of hydrogen-bond donors (Lipinski definition) is 1. The molecule has 5 heteroatoms. The molecule has 0 unspecified atom stereocenters. The van der Waals surface area contributed by atoms with E-state index in [-0.39, 0.29) is 5.91 Å². The van der Waals surface area contributed by atoms with Gasteiger partial charge in [-0.05, 0) is 12.1 Å². The van der Waals surface area contributed by atoms with Gasteiger partial charge in [0.2, 0.25) is 5.91 Å². The van der Waals surface area contributed by atoms with Crippen molar-refractivity contribution in [3.63, 3.8) is 0 Å². The zero-order valence-corrected chi connectivity index (χ0v) is 11.0. The van der Waals surface area contributed by atoms with Crippen LogP contribution in [0.2, 0.25) is 0 Å². The number of carbonyl (C=O) groups is 1. The van der Waals surface area contributed by atoms with Gasteiger partial charge in [0.25, 0.3) is 0 Å². The van der Waals surface area contributed by atoms with E-state index in [4.69, 9.17) is 0 Å². The number of nitrogens with one attached hydrogen (secondary N) is 1. The summed E-state index contributed by atoms with van der Waals surface area (Å²) in [4.78, 5) is 15.7. The maximum Gasteiger partial charge on any atom is 0.234 e. The number of rotatable bonds is 5. The molecule has 18 heavy (non-hydrogen) atoms. The van der Waals surface area contributed by atoms with Crippen LogP contribution in [0.15, 0.2) is 42.9 Å². The standard InChI is InChI=1S/C13H15N3OS/c1-16-10-14-7-12(16)8-18-9-13(17)15-11-5-3-2-4-6-11/h2-7,10H,8-9H2,1H3,(H,15,17). The van der Waals surface area contributed by atoms with E-state index < -0.39 is 0 Å². The fraction of sp³-hybridized carbons (Fsp3) is 0.231. The molecule has 0 aliphatic heterocycles. The summed E-state index contributed by atoms with van der Waals surface area (Å²) in [5.41, 5.74) is 1.95. The van der Waals surface area contributed by atoms with Crippen LogP contribution in [-0.4, -0.2) is 21.2 Å². The third-order valence-electron chi connectivity index (χ3n) is 2.46. The average Bonchev–Trinajstić information content (AvgIpc) is 2.76. The fourth-order valence-electron chi connectivity index (χ4n) is 1.49. The van der Waals surface area contributed by atoms with Crippen LogP contribution in [-0.2, 0) is 17.6 Å². The van der Waals surface area contributed by atoms with Crippen LogP contribution in [0.1, 0.15) is 5.69 Å². The molecular weight excluding hydrogens is 246 g/mol. The lowest BCUT2D eigenvalue weighted by Crippen LogP contribution is -2.14. The molecule has 2 rings (SSSR count). The van der Waals surface area contributed by atoms with E-state index in [0.717, 1.165) is 17.1 Å². The van der Waals surface area contributed by atoms with E-state index in [1.54, 1.807) is 18.1 Å². The summed E-state index contributed by atoms with van der Waals surface area (Å²) in [6.07, 6.45) is 3.59. The Morgan fingerprint density at radius 2 is 2.17 bits per heavy atom. The van der Waals surface area contributed by atoms with E-state index >= 15 is 0 Å². The average molecular weight is 261 g/mol. The molecule has 1 amide bonds. The van der Waals surface area contributed by atoms with E-state index in [1.165, 1.54) is 0 Å². The van der Waals surface area contributed by atoms with Gasteiger partial charge in [-0.3, -0.25) is 4.79 Å². The predicted molar refractivity (Wildman–Crippen MR) is 74.4 cm³/mol. The molecule has 94 valence electrons. The number of amides is 1. The number of thioether (sulfide) groups is 1. The van der Waals surface area contributed by atoms with Crippen molar-refractivity contribution in [3.05, 3.63) is 48.5 Å². The Morgan fingerprint density at radius 1 is 1.39 bits per heavy atom. The first kappa shape index (κ1) is 12.7. The van der Waals surface area contributed by atoms with Gasteiger partial charge >= 0.3 is 0 Å². The van der Waals surface area contributed by atoms with Crippen LogP contribution in [0.3, 0.4) is 0 Å². The zero-order valence-electron chi connectivity index (χ0n) is 10.2. The summed E-state index contributed by atoms with van der Waals surface area (Å²) in [7, 11) is 1.95. The number of aryl methyl sites for hydroxylation is 1. The highest BCUT2D eigenvalue weighted by Gasteiger charge is 2.04. The highest BCUT2D eigenvalue weighted by Crippen LogP contribution is 2.12. The van der Waals surface area contributed by atoms with E-state index in [1.807, 2.05) is 48.1 Å². The molecule has 0 saturated carbocycles. The highest BCUT2D eigenvalue weighted by molar-refractivity contribution is 7.99. The number of aromatic nitrogens is 2. The molecule has 0 spiro atoms. The van der Waals surface area contributed by atoms with Crippen molar-refractivity contribution in [3.8, 4) is 0 Å². The van der Waals surface area contributed by atoms with Gasteiger partial charge in [-0.15, -0.1) is 11.8 Å². The number of anilines is 1. The first-order valence-corrected chi connectivity index (χ1v) is 6.79. The highest BCUT2D eigenvalue weighted by atomic mass is 32.2. The third kappa shape index (κ3) is 3.63. The van der Waals surface area contributed by atoms with Gasteiger partial charge in [0.15, 0.2) is 0 Å². The summed E-state index contributed by atoms with van der Waals surface area (Å²) in [5.74, 6) is 1.26. The summed E-state index contributed by atoms with van der Waals surface area (Å²) in [6.45, 7) is 0. The fourth-order valence-corrected chi connectivity index (χ4v) is 2.34. The molecule has 4 nitrogen and oxygen atoms in total. The Kier molecular flexibility index (Phi) is 4.41. The molecular formula is C13H15N3OS. The molecule has 0 radical (unpaired) electrons. The number of carbonyl (C=O) groups excluding carboxylic acids is 1. The van der Waals surface area contributed by atoms with Crippen LogP contribution in [0.25, 0.3) is 0 Å². The minimum absolute atomic E-state index is 0.0216. The molecule has 0 saturated heterocycles. The van der Waals surface area contributed by atoms with Crippen LogP contribution < -0.4 is 5.32 Å². The smallest absolute Gasteiger partial charge is 0.234 e. The SMILES string of the molecule is Cn1cncc1CSCC(=O)Nc1ccccc1. The van der Waals surface area contributed by atoms with Crippen molar-refractivity contribution in [1.82, 2.24) is 9.55 Å². The molecule has 0 fully saturated rings. The molecule has 0 atom stereocenters. The monoisotopic (exact) mass is 261 g/mol. The van der Waals surface area contributed by atoms with Crippen molar-refractivity contribution < 1.29 is 4.79 Å².